The van der Waals surface area contributed by atoms with Crippen LogP contribution in [0.4, 0.5) is 36.6 Å². The van der Waals surface area contributed by atoms with Crippen molar-refractivity contribution in [1.29, 1.82) is 0 Å². The summed E-state index contributed by atoms with van der Waals surface area (Å²) in [6.07, 6.45) is -5.23. The molecule has 1 atom stereocenters. The molecule has 8 nitrogen and oxygen atoms in total. The summed E-state index contributed by atoms with van der Waals surface area (Å²) >= 11 is 0. The zero-order valence-electron chi connectivity index (χ0n) is 23.0. The highest BCUT2D eigenvalue weighted by molar-refractivity contribution is 5.85. The maximum Gasteiger partial charge on any atom is 0.434 e. The molecule has 44 heavy (non-hydrogen) atoms. The van der Waals surface area contributed by atoms with Gasteiger partial charge in [-0.05, 0) is 30.9 Å². The molecule has 230 valence electrons. The smallest absolute Gasteiger partial charge is 0.364 e. The second kappa shape index (κ2) is 11.2. The van der Waals surface area contributed by atoms with Crippen LogP contribution in [0, 0.1) is 5.82 Å². The van der Waals surface area contributed by atoms with Gasteiger partial charge in [0.1, 0.15) is 23.4 Å². The second-order valence-electron chi connectivity index (χ2n) is 10.3. The van der Waals surface area contributed by atoms with Gasteiger partial charge >= 0.3 is 12.4 Å². The average Bonchev–Trinajstić information content (AvgIpc) is 3.60. The molecule has 1 aliphatic heterocycles. The molecule has 0 bridgehead atoms. The number of rotatable bonds is 6. The second-order valence-corrected chi connectivity index (χ2v) is 10.3. The van der Waals surface area contributed by atoms with E-state index in [2.05, 4.69) is 25.3 Å². The van der Waals surface area contributed by atoms with Crippen molar-refractivity contribution in [1.82, 2.24) is 29.1 Å². The summed E-state index contributed by atoms with van der Waals surface area (Å²) in [6.45, 7) is 0.629. The van der Waals surface area contributed by atoms with Crippen LogP contribution in [0.1, 0.15) is 42.3 Å². The molecule has 6 rings (SSSR count). The molecule has 0 saturated carbocycles. The first-order chi connectivity index (χ1) is 20.9. The van der Waals surface area contributed by atoms with Crippen LogP contribution in [0.5, 0.6) is 0 Å². The number of alkyl halides is 6. The van der Waals surface area contributed by atoms with E-state index in [1.807, 2.05) is 0 Å². The number of aryl methyl sites for hydroxylation is 1. The van der Waals surface area contributed by atoms with E-state index < -0.39 is 41.2 Å². The molecule has 0 radical (unpaired) electrons. The Kier molecular flexibility index (Phi) is 7.51. The summed E-state index contributed by atoms with van der Waals surface area (Å²) in [5, 5.41) is 3.09. The Labute approximate surface area is 245 Å². The number of fused-ring (bicyclic) bond motifs is 1. The van der Waals surface area contributed by atoms with Crippen molar-refractivity contribution >= 4 is 17.0 Å². The average molecular weight is 620 g/mol. The highest BCUT2D eigenvalue weighted by Gasteiger charge is 2.38. The largest absolute Gasteiger partial charge is 0.434 e. The van der Waals surface area contributed by atoms with Crippen molar-refractivity contribution < 1.29 is 35.5 Å². The monoisotopic (exact) mass is 619 g/mol. The summed E-state index contributed by atoms with van der Waals surface area (Å²) in [5.74, 6) is -1.56. The molecule has 4 heterocycles. The Morgan fingerprint density at radius 2 is 1.73 bits per heavy atom. The molecule has 0 spiro atoms. The van der Waals surface area contributed by atoms with Crippen LogP contribution in [-0.4, -0.2) is 35.7 Å². The lowest BCUT2D eigenvalue weighted by molar-refractivity contribution is -0.141. The Hall–Kier alpha value is -4.53. The zero-order chi connectivity index (χ0) is 31.2. The number of anilines is 1. The number of halogens is 7. The molecule has 1 aliphatic rings. The molecule has 1 N–H and O–H groups in total. The summed E-state index contributed by atoms with van der Waals surface area (Å²) in [5.41, 5.74) is -1.39. The standard InChI is InChI=1S/C29H24F7N7O/c1-42-14-20(28(31,32)33)39-26(42)17-10-8-16(9-11-17)13-37-25-23-27(43(15-38-23)21-7-2-3-12-44-21)41-24(40-25)18-5-4-6-19(30)22(18)29(34,35)36/h4-6,8-11,14-15,21H,2-3,7,12-13H2,1H3,(H,37,40,41). The molecule has 2 aromatic carbocycles. The molecule has 0 aliphatic carbocycles. The van der Waals surface area contributed by atoms with Gasteiger partial charge in [-0.15, -0.1) is 0 Å². The molecule has 0 amide bonds. The maximum absolute atomic E-state index is 14.5. The summed E-state index contributed by atoms with van der Waals surface area (Å²) in [7, 11) is 1.46. The predicted octanol–water partition coefficient (Wildman–Crippen LogP) is 7.38. The van der Waals surface area contributed by atoms with E-state index >= 15 is 0 Å². The van der Waals surface area contributed by atoms with Gasteiger partial charge < -0.3 is 14.6 Å². The topological polar surface area (TPSA) is 82.7 Å². The van der Waals surface area contributed by atoms with Crippen LogP contribution in [-0.2, 0) is 30.7 Å². The van der Waals surface area contributed by atoms with E-state index in [-0.39, 0.29) is 35.2 Å². The van der Waals surface area contributed by atoms with Crippen LogP contribution < -0.4 is 5.32 Å². The van der Waals surface area contributed by atoms with Gasteiger partial charge in [0.2, 0.25) is 0 Å². The molecule has 5 aromatic rings. The molecule has 15 heteroatoms. The number of nitrogens with zero attached hydrogens (tertiary/aromatic N) is 6. The third-order valence-electron chi connectivity index (χ3n) is 7.26. The van der Waals surface area contributed by atoms with E-state index in [4.69, 9.17) is 4.74 Å². The van der Waals surface area contributed by atoms with Crippen molar-refractivity contribution in [3.05, 3.63) is 77.6 Å². The molecule has 1 unspecified atom stereocenters. The highest BCUT2D eigenvalue weighted by atomic mass is 19.4. The summed E-state index contributed by atoms with van der Waals surface area (Å²) < 4.78 is 104. The molecule has 1 saturated heterocycles. The van der Waals surface area contributed by atoms with Crippen molar-refractivity contribution in [3.63, 3.8) is 0 Å². The van der Waals surface area contributed by atoms with Crippen molar-refractivity contribution in [2.45, 2.75) is 44.4 Å². The van der Waals surface area contributed by atoms with Gasteiger partial charge in [-0.2, -0.15) is 26.3 Å². The third kappa shape index (κ3) is 5.70. The predicted molar refractivity (Wildman–Crippen MR) is 146 cm³/mol. The van der Waals surface area contributed by atoms with E-state index in [0.717, 1.165) is 37.2 Å². The summed E-state index contributed by atoms with van der Waals surface area (Å²) in [6, 6.07) is 9.55. The minimum Gasteiger partial charge on any atom is -0.364 e. The van der Waals surface area contributed by atoms with Gasteiger partial charge in [0.05, 0.1) is 6.33 Å². The van der Waals surface area contributed by atoms with Gasteiger partial charge in [0, 0.05) is 37.5 Å². The first-order valence-corrected chi connectivity index (χ1v) is 13.6. The fourth-order valence-corrected chi connectivity index (χ4v) is 5.14. The minimum absolute atomic E-state index is 0.111. The fraction of sp³-hybridized carbons (Fsp3) is 0.310. The van der Waals surface area contributed by atoms with Crippen LogP contribution in [0.25, 0.3) is 33.9 Å². The number of ether oxygens (including phenoxy) is 1. The maximum atomic E-state index is 14.5. The van der Waals surface area contributed by atoms with Gasteiger partial charge in [-0.1, -0.05) is 36.4 Å². The number of benzene rings is 2. The van der Waals surface area contributed by atoms with E-state index in [0.29, 0.717) is 24.2 Å². The van der Waals surface area contributed by atoms with Crippen molar-refractivity contribution in [2.24, 2.45) is 7.05 Å². The van der Waals surface area contributed by atoms with Gasteiger partial charge in [-0.25, -0.2) is 24.3 Å². The first-order valence-electron chi connectivity index (χ1n) is 13.6. The molecule has 1 fully saturated rings. The Balaban J connectivity index is 1.36. The van der Waals surface area contributed by atoms with E-state index in [1.165, 1.54) is 17.9 Å². The lowest BCUT2D eigenvalue weighted by Crippen LogP contribution is -2.18. The number of hydrogen-bond donors (Lipinski definition) is 1. The molecule has 3 aromatic heterocycles. The van der Waals surface area contributed by atoms with Crippen LogP contribution in [0.3, 0.4) is 0 Å². The van der Waals surface area contributed by atoms with Crippen LogP contribution >= 0.6 is 0 Å². The number of hydrogen-bond acceptors (Lipinski definition) is 6. The molecular weight excluding hydrogens is 595 g/mol. The van der Waals surface area contributed by atoms with Gasteiger partial charge in [0.15, 0.2) is 28.5 Å². The normalized spacial score (nSPS) is 16.0. The van der Waals surface area contributed by atoms with Gasteiger partial charge in [-0.3, -0.25) is 4.57 Å². The number of nitrogens with one attached hydrogen (secondary N) is 1. The van der Waals surface area contributed by atoms with Gasteiger partial charge in [0.25, 0.3) is 0 Å². The Morgan fingerprint density at radius 3 is 2.39 bits per heavy atom. The highest BCUT2D eigenvalue weighted by Crippen LogP contribution is 2.39. The SMILES string of the molecule is Cn1cc(C(F)(F)F)nc1-c1ccc(CNc2nc(-c3cccc(F)c3C(F)(F)F)nc3c2ncn3C2CCCCO2)cc1. The van der Waals surface area contributed by atoms with Crippen molar-refractivity contribution in [3.8, 4) is 22.8 Å². The molecular formula is C29H24F7N7O. The minimum atomic E-state index is -5.00. The summed E-state index contributed by atoms with van der Waals surface area (Å²) in [4.78, 5) is 16.8. The Bertz CT molecular complexity index is 1800. The lowest BCUT2D eigenvalue weighted by Gasteiger charge is -2.24. The quantitative estimate of drug-likeness (QED) is 0.200. The third-order valence-corrected chi connectivity index (χ3v) is 7.26. The Morgan fingerprint density at radius 1 is 0.955 bits per heavy atom. The zero-order valence-corrected chi connectivity index (χ0v) is 23.0. The van der Waals surface area contributed by atoms with Crippen molar-refractivity contribution in [2.75, 3.05) is 11.9 Å². The van der Waals surface area contributed by atoms with Crippen LogP contribution in [0.15, 0.2) is 55.0 Å². The first kappa shape index (κ1) is 29.5. The van der Waals surface area contributed by atoms with E-state index in [1.54, 1.807) is 28.8 Å². The number of imidazole rings is 2. The van der Waals surface area contributed by atoms with Crippen LogP contribution in [0.2, 0.25) is 0 Å². The fourth-order valence-electron chi connectivity index (χ4n) is 5.14. The lowest BCUT2D eigenvalue weighted by atomic mass is 10.1. The van der Waals surface area contributed by atoms with E-state index in [9.17, 15) is 30.7 Å². The number of aromatic nitrogens is 6.